The van der Waals surface area contributed by atoms with Crippen LogP contribution in [0.4, 0.5) is 0 Å². The van der Waals surface area contributed by atoms with Crippen molar-refractivity contribution >= 4 is 23.2 Å². The molecule has 2 nitrogen and oxygen atoms in total. The van der Waals surface area contributed by atoms with Crippen LogP contribution in [0.5, 0.6) is 0 Å². The van der Waals surface area contributed by atoms with Crippen LogP contribution >= 0.6 is 23.2 Å². The summed E-state index contributed by atoms with van der Waals surface area (Å²) < 4.78 is 2.10. The van der Waals surface area contributed by atoms with E-state index in [0.29, 0.717) is 10.0 Å². The molecule has 0 spiro atoms. The fourth-order valence-corrected chi connectivity index (χ4v) is 2.14. The Morgan fingerprint density at radius 3 is 2.82 bits per heavy atom. The van der Waals surface area contributed by atoms with E-state index in [1.165, 1.54) is 5.56 Å². The molecule has 0 fully saturated rings. The summed E-state index contributed by atoms with van der Waals surface area (Å²) in [6.45, 7) is 1.61. The van der Waals surface area contributed by atoms with Crippen molar-refractivity contribution in [2.45, 2.75) is 13.1 Å². The molecule has 1 aromatic heterocycles. The van der Waals surface area contributed by atoms with E-state index in [2.05, 4.69) is 22.1 Å². The van der Waals surface area contributed by atoms with E-state index >= 15 is 0 Å². The Kier molecular flexibility index (Phi) is 4.11. The average molecular weight is 269 g/mol. The smallest absolute Gasteiger partial charge is 0.0642 e. The number of nitrogens with one attached hydrogen (secondary N) is 1. The molecule has 0 aliphatic rings. The first kappa shape index (κ1) is 12.5. The molecular formula is C13H14Cl2N2. The SMILES string of the molecule is CNCc1ccn(Cc2cccc(Cl)c2Cl)c1. The van der Waals surface area contributed by atoms with Crippen molar-refractivity contribution in [3.63, 3.8) is 0 Å². The largest absolute Gasteiger partial charge is 0.350 e. The summed E-state index contributed by atoms with van der Waals surface area (Å²) in [6, 6.07) is 7.80. The zero-order chi connectivity index (χ0) is 12.3. The highest BCUT2D eigenvalue weighted by Crippen LogP contribution is 2.26. The number of halogens is 2. The summed E-state index contributed by atoms with van der Waals surface area (Å²) >= 11 is 12.1. The monoisotopic (exact) mass is 268 g/mol. The molecule has 90 valence electrons. The number of benzene rings is 1. The molecule has 0 atom stereocenters. The Morgan fingerprint density at radius 2 is 2.06 bits per heavy atom. The Balaban J connectivity index is 2.16. The van der Waals surface area contributed by atoms with Gasteiger partial charge < -0.3 is 9.88 Å². The fourth-order valence-electron chi connectivity index (χ4n) is 1.76. The van der Waals surface area contributed by atoms with E-state index in [1.54, 1.807) is 6.07 Å². The van der Waals surface area contributed by atoms with Crippen molar-refractivity contribution in [3.05, 3.63) is 57.8 Å². The second kappa shape index (κ2) is 5.58. The molecule has 0 amide bonds. The number of hydrogen-bond acceptors (Lipinski definition) is 1. The van der Waals surface area contributed by atoms with Crippen molar-refractivity contribution in [2.24, 2.45) is 0 Å². The highest BCUT2D eigenvalue weighted by atomic mass is 35.5. The standard InChI is InChI=1S/C13H14Cl2N2/c1-16-7-10-5-6-17(8-10)9-11-3-2-4-12(14)13(11)15/h2-6,8,16H,7,9H2,1H3. The number of nitrogens with zero attached hydrogens (tertiary/aromatic N) is 1. The molecule has 0 aliphatic heterocycles. The highest BCUT2D eigenvalue weighted by Gasteiger charge is 2.05. The van der Waals surface area contributed by atoms with Crippen molar-refractivity contribution in [3.8, 4) is 0 Å². The van der Waals surface area contributed by atoms with Gasteiger partial charge in [0, 0.05) is 25.5 Å². The maximum absolute atomic E-state index is 6.15. The first-order valence-electron chi connectivity index (χ1n) is 5.43. The number of hydrogen-bond donors (Lipinski definition) is 1. The molecule has 0 saturated carbocycles. The van der Waals surface area contributed by atoms with Crippen molar-refractivity contribution in [1.29, 1.82) is 0 Å². The summed E-state index contributed by atoms with van der Waals surface area (Å²) in [6.07, 6.45) is 4.15. The Morgan fingerprint density at radius 1 is 1.24 bits per heavy atom. The molecular weight excluding hydrogens is 255 g/mol. The molecule has 4 heteroatoms. The topological polar surface area (TPSA) is 17.0 Å². The van der Waals surface area contributed by atoms with Crippen LogP contribution in [0.15, 0.2) is 36.7 Å². The Hall–Kier alpha value is -0.960. The molecule has 0 unspecified atom stereocenters. The third-order valence-corrected chi connectivity index (χ3v) is 3.44. The van der Waals surface area contributed by atoms with Crippen molar-refractivity contribution < 1.29 is 0 Å². The van der Waals surface area contributed by atoms with Crippen LogP contribution in [0, 0.1) is 0 Å². The van der Waals surface area contributed by atoms with Gasteiger partial charge in [-0.2, -0.15) is 0 Å². The van der Waals surface area contributed by atoms with E-state index in [9.17, 15) is 0 Å². The highest BCUT2D eigenvalue weighted by molar-refractivity contribution is 6.42. The predicted octanol–water partition coefficient (Wildman–Crippen LogP) is 3.56. The third-order valence-electron chi connectivity index (χ3n) is 2.58. The normalized spacial score (nSPS) is 10.8. The van der Waals surface area contributed by atoms with Gasteiger partial charge in [-0.15, -0.1) is 0 Å². The minimum Gasteiger partial charge on any atom is -0.350 e. The lowest BCUT2D eigenvalue weighted by Crippen LogP contribution is -2.04. The van der Waals surface area contributed by atoms with Gasteiger partial charge in [0.1, 0.15) is 0 Å². The molecule has 0 aliphatic carbocycles. The lowest BCUT2D eigenvalue weighted by atomic mass is 10.2. The van der Waals surface area contributed by atoms with E-state index in [4.69, 9.17) is 23.2 Å². The maximum Gasteiger partial charge on any atom is 0.0642 e. The van der Waals surface area contributed by atoms with Gasteiger partial charge in [-0.1, -0.05) is 35.3 Å². The predicted molar refractivity (Wildman–Crippen MR) is 72.8 cm³/mol. The van der Waals surface area contributed by atoms with Crippen molar-refractivity contribution in [1.82, 2.24) is 9.88 Å². The number of aromatic nitrogens is 1. The molecule has 0 saturated heterocycles. The molecule has 0 radical (unpaired) electrons. The van der Waals surface area contributed by atoms with Gasteiger partial charge in [0.15, 0.2) is 0 Å². The average Bonchev–Trinajstić information content (AvgIpc) is 2.73. The second-order valence-corrected chi connectivity index (χ2v) is 4.72. The van der Waals surface area contributed by atoms with Crippen LogP contribution in [-0.4, -0.2) is 11.6 Å². The molecule has 17 heavy (non-hydrogen) atoms. The van der Waals surface area contributed by atoms with E-state index in [-0.39, 0.29) is 0 Å². The first-order valence-corrected chi connectivity index (χ1v) is 6.18. The molecule has 0 bridgehead atoms. The maximum atomic E-state index is 6.15. The van der Waals surface area contributed by atoms with Crippen LogP contribution in [0.25, 0.3) is 0 Å². The van der Waals surface area contributed by atoms with E-state index in [0.717, 1.165) is 18.7 Å². The van der Waals surface area contributed by atoms with Crippen LogP contribution < -0.4 is 5.32 Å². The molecule has 1 heterocycles. The van der Waals surface area contributed by atoms with Gasteiger partial charge in [-0.05, 0) is 30.3 Å². The quantitative estimate of drug-likeness (QED) is 0.898. The van der Waals surface area contributed by atoms with E-state index in [1.807, 2.05) is 25.4 Å². The van der Waals surface area contributed by atoms with Crippen LogP contribution in [0.3, 0.4) is 0 Å². The lowest BCUT2D eigenvalue weighted by Gasteiger charge is -2.06. The molecule has 1 aromatic carbocycles. The van der Waals surface area contributed by atoms with Crippen LogP contribution in [0.1, 0.15) is 11.1 Å². The second-order valence-electron chi connectivity index (χ2n) is 3.94. The first-order chi connectivity index (χ1) is 8.20. The fraction of sp³-hybridized carbons (Fsp3) is 0.231. The minimum absolute atomic E-state index is 0.603. The zero-order valence-corrected chi connectivity index (χ0v) is 11.1. The summed E-state index contributed by atoms with van der Waals surface area (Å²) in [5.74, 6) is 0. The van der Waals surface area contributed by atoms with Gasteiger partial charge in [0.05, 0.1) is 10.0 Å². The summed E-state index contributed by atoms with van der Waals surface area (Å²) in [5, 5.41) is 4.36. The Labute approximate surface area is 111 Å². The number of rotatable bonds is 4. The zero-order valence-electron chi connectivity index (χ0n) is 9.58. The van der Waals surface area contributed by atoms with Crippen LogP contribution in [0.2, 0.25) is 10.0 Å². The molecule has 2 rings (SSSR count). The van der Waals surface area contributed by atoms with Gasteiger partial charge in [0.25, 0.3) is 0 Å². The minimum atomic E-state index is 0.603. The van der Waals surface area contributed by atoms with Gasteiger partial charge in [-0.3, -0.25) is 0 Å². The van der Waals surface area contributed by atoms with Gasteiger partial charge in [-0.25, -0.2) is 0 Å². The lowest BCUT2D eigenvalue weighted by molar-refractivity contribution is 0.783. The molecule has 1 N–H and O–H groups in total. The summed E-state index contributed by atoms with van der Waals surface area (Å²) in [4.78, 5) is 0. The Bertz CT molecular complexity index is 506. The van der Waals surface area contributed by atoms with Crippen molar-refractivity contribution in [2.75, 3.05) is 7.05 Å². The van der Waals surface area contributed by atoms with E-state index < -0.39 is 0 Å². The van der Waals surface area contributed by atoms with Gasteiger partial charge in [0.2, 0.25) is 0 Å². The van der Waals surface area contributed by atoms with Gasteiger partial charge >= 0.3 is 0 Å². The van der Waals surface area contributed by atoms with Crippen LogP contribution in [-0.2, 0) is 13.1 Å². The molecule has 2 aromatic rings. The summed E-state index contributed by atoms with van der Waals surface area (Å²) in [7, 11) is 1.94. The summed E-state index contributed by atoms with van der Waals surface area (Å²) in [5.41, 5.74) is 2.29. The third kappa shape index (κ3) is 3.03.